The summed E-state index contributed by atoms with van der Waals surface area (Å²) < 4.78 is 1.45. The third-order valence-corrected chi connectivity index (χ3v) is 3.51. The number of aliphatic carboxylic acids is 1. The van der Waals surface area contributed by atoms with Gasteiger partial charge in [0.1, 0.15) is 0 Å². The van der Waals surface area contributed by atoms with Gasteiger partial charge in [-0.05, 0) is 12.8 Å². The highest BCUT2D eigenvalue weighted by atomic mass is 16.4. The molecule has 2 N–H and O–H groups in total. The van der Waals surface area contributed by atoms with Crippen molar-refractivity contribution in [1.29, 1.82) is 0 Å². The van der Waals surface area contributed by atoms with Crippen molar-refractivity contribution in [3.63, 3.8) is 0 Å². The van der Waals surface area contributed by atoms with Crippen LogP contribution < -0.4 is 0 Å². The molecule has 1 aliphatic carbocycles. The highest BCUT2D eigenvalue weighted by Crippen LogP contribution is 2.33. The number of carboxylic acids is 2. The first-order valence-electron chi connectivity index (χ1n) is 6.48. The molecule has 104 valence electrons. The molecular formula is C12H17N3O4. The maximum absolute atomic E-state index is 11.2. The highest BCUT2D eigenvalue weighted by molar-refractivity contribution is 5.86. The molecule has 0 aliphatic heterocycles. The largest absolute Gasteiger partial charge is 0.481 e. The molecule has 0 aromatic carbocycles. The fraction of sp³-hybridized carbons (Fsp3) is 0.667. The van der Waals surface area contributed by atoms with Crippen molar-refractivity contribution in [3.05, 3.63) is 11.4 Å². The maximum Gasteiger partial charge on any atom is 0.358 e. The summed E-state index contributed by atoms with van der Waals surface area (Å²) in [6, 6.07) is 0. The third kappa shape index (κ3) is 3.10. The molecule has 0 unspecified atom stereocenters. The van der Waals surface area contributed by atoms with Crippen molar-refractivity contribution in [2.24, 2.45) is 0 Å². The summed E-state index contributed by atoms with van der Waals surface area (Å²) in [6.45, 7) is 0.168. The summed E-state index contributed by atoms with van der Waals surface area (Å²) in [5.74, 6) is -1.90. The number of rotatable bonds is 5. The molecule has 19 heavy (non-hydrogen) atoms. The van der Waals surface area contributed by atoms with Crippen molar-refractivity contribution >= 4 is 11.9 Å². The van der Waals surface area contributed by atoms with Crippen molar-refractivity contribution in [1.82, 2.24) is 15.0 Å². The second-order valence-corrected chi connectivity index (χ2v) is 4.83. The number of aromatic carboxylic acids is 1. The van der Waals surface area contributed by atoms with Crippen LogP contribution in [-0.4, -0.2) is 37.1 Å². The Morgan fingerprint density at radius 1 is 1.21 bits per heavy atom. The first kappa shape index (κ1) is 13.5. The van der Waals surface area contributed by atoms with Gasteiger partial charge in [0.25, 0.3) is 0 Å². The van der Waals surface area contributed by atoms with Crippen LogP contribution in [0.5, 0.6) is 0 Å². The summed E-state index contributed by atoms with van der Waals surface area (Å²) in [5.41, 5.74) is 0.561. The van der Waals surface area contributed by atoms with Crippen molar-refractivity contribution in [3.8, 4) is 0 Å². The van der Waals surface area contributed by atoms with Crippen molar-refractivity contribution in [2.45, 2.75) is 51.0 Å². The molecule has 0 radical (unpaired) electrons. The molecule has 1 aliphatic rings. The molecule has 7 heteroatoms. The normalized spacial score (nSPS) is 16.4. The quantitative estimate of drug-likeness (QED) is 0.837. The second kappa shape index (κ2) is 5.81. The zero-order valence-electron chi connectivity index (χ0n) is 10.6. The topological polar surface area (TPSA) is 105 Å². The van der Waals surface area contributed by atoms with Crippen molar-refractivity contribution < 1.29 is 19.8 Å². The second-order valence-electron chi connectivity index (χ2n) is 4.83. The lowest BCUT2D eigenvalue weighted by atomic mass is 9.86. The molecule has 1 saturated carbocycles. The number of carboxylic acid groups (broad SMARTS) is 2. The number of aryl methyl sites for hydroxylation is 1. The molecule has 2 rings (SSSR count). The lowest BCUT2D eigenvalue weighted by Crippen LogP contribution is -2.16. The van der Waals surface area contributed by atoms with E-state index in [0.29, 0.717) is 5.69 Å². The Hall–Kier alpha value is -1.92. The zero-order valence-corrected chi connectivity index (χ0v) is 10.6. The average Bonchev–Trinajstić information content (AvgIpc) is 2.81. The van der Waals surface area contributed by atoms with Gasteiger partial charge in [-0.15, -0.1) is 5.10 Å². The van der Waals surface area contributed by atoms with Gasteiger partial charge in [0, 0.05) is 5.92 Å². The molecule has 7 nitrogen and oxygen atoms in total. The van der Waals surface area contributed by atoms with E-state index in [2.05, 4.69) is 10.3 Å². The van der Waals surface area contributed by atoms with Gasteiger partial charge < -0.3 is 10.2 Å². The van der Waals surface area contributed by atoms with Gasteiger partial charge in [-0.1, -0.05) is 24.5 Å². The smallest absolute Gasteiger partial charge is 0.358 e. The molecule has 0 saturated heterocycles. The van der Waals surface area contributed by atoms with E-state index < -0.39 is 11.9 Å². The summed E-state index contributed by atoms with van der Waals surface area (Å²) in [6.07, 6.45) is 5.04. The van der Waals surface area contributed by atoms with Gasteiger partial charge in [0.05, 0.1) is 18.7 Å². The molecule has 0 spiro atoms. The Labute approximate surface area is 110 Å². The molecular weight excluding hydrogens is 250 g/mol. The first-order valence-corrected chi connectivity index (χ1v) is 6.48. The zero-order chi connectivity index (χ0) is 13.8. The van der Waals surface area contributed by atoms with Crippen LogP contribution in [0.1, 0.15) is 60.6 Å². The molecule has 0 amide bonds. The Kier molecular flexibility index (Phi) is 4.13. The predicted octanol–water partition coefficient (Wildman–Crippen LogP) is 1.50. The number of aromatic nitrogens is 3. The summed E-state index contributed by atoms with van der Waals surface area (Å²) in [4.78, 5) is 21.8. The van der Waals surface area contributed by atoms with Crippen LogP contribution in [0.15, 0.2) is 0 Å². The van der Waals surface area contributed by atoms with Crippen LogP contribution in [0.2, 0.25) is 0 Å². The molecule has 1 fully saturated rings. The summed E-state index contributed by atoms with van der Waals surface area (Å²) >= 11 is 0. The van der Waals surface area contributed by atoms with E-state index >= 15 is 0 Å². The van der Waals surface area contributed by atoms with E-state index in [0.717, 1.165) is 32.1 Å². The third-order valence-electron chi connectivity index (χ3n) is 3.51. The molecule has 1 aromatic rings. The van der Waals surface area contributed by atoms with Crippen LogP contribution in [-0.2, 0) is 11.3 Å². The van der Waals surface area contributed by atoms with E-state index in [1.807, 2.05) is 0 Å². The first-order chi connectivity index (χ1) is 9.09. The van der Waals surface area contributed by atoms with E-state index in [1.165, 1.54) is 4.68 Å². The molecule has 1 aromatic heterocycles. The van der Waals surface area contributed by atoms with Gasteiger partial charge in [-0.2, -0.15) is 0 Å². The summed E-state index contributed by atoms with van der Waals surface area (Å²) in [7, 11) is 0. The van der Waals surface area contributed by atoms with Crippen molar-refractivity contribution in [2.75, 3.05) is 0 Å². The Bertz CT molecular complexity index is 477. The predicted molar refractivity (Wildman–Crippen MR) is 65.1 cm³/mol. The molecule has 0 bridgehead atoms. The monoisotopic (exact) mass is 267 g/mol. The minimum atomic E-state index is -1.10. The number of carbonyl (C=O) groups is 2. The Morgan fingerprint density at radius 3 is 2.47 bits per heavy atom. The minimum Gasteiger partial charge on any atom is -0.481 e. The lowest BCUT2D eigenvalue weighted by Gasteiger charge is -2.22. The summed E-state index contributed by atoms with van der Waals surface area (Å²) in [5, 5.41) is 25.4. The lowest BCUT2D eigenvalue weighted by molar-refractivity contribution is -0.137. The maximum atomic E-state index is 11.2. The molecule has 1 heterocycles. The van der Waals surface area contributed by atoms with Crippen LogP contribution in [0, 0.1) is 0 Å². The molecule has 0 atom stereocenters. The van der Waals surface area contributed by atoms with Crippen LogP contribution >= 0.6 is 0 Å². The van der Waals surface area contributed by atoms with Gasteiger partial charge in [0.15, 0.2) is 5.69 Å². The van der Waals surface area contributed by atoms with Gasteiger partial charge in [0.2, 0.25) is 0 Å². The van der Waals surface area contributed by atoms with E-state index in [-0.39, 0.29) is 24.6 Å². The van der Waals surface area contributed by atoms with Gasteiger partial charge in [-0.3, -0.25) is 4.79 Å². The van der Waals surface area contributed by atoms with Crippen LogP contribution in [0.3, 0.4) is 0 Å². The van der Waals surface area contributed by atoms with E-state index in [9.17, 15) is 9.59 Å². The Balaban J connectivity index is 2.26. The SMILES string of the molecule is O=C(O)CCn1nnc(C(=O)O)c1C1CCCCC1. The van der Waals surface area contributed by atoms with E-state index in [1.54, 1.807) is 0 Å². The number of hydrogen-bond donors (Lipinski definition) is 2. The van der Waals surface area contributed by atoms with Gasteiger partial charge in [-0.25, -0.2) is 9.48 Å². The number of hydrogen-bond acceptors (Lipinski definition) is 4. The number of nitrogens with zero attached hydrogens (tertiary/aromatic N) is 3. The highest BCUT2D eigenvalue weighted by Gasteiger charge is 2.27. The minimum absolute atomic E-state index is 0.0303. The van der Waals surface area contributed by atoms with Crippen LogP contribution in [0.4, 0.5) is 0 Å². The Morgan fingerprint density at radius 2 is 1.89 bits per heavy atom. The van der Waals surface area contributed by atoms with Crippen LogP contribution in [0.25, 0.3) is 0 Å². The van der Waals surface area contributed by atoms with Gasteiger partial charge >= 0.3 is 11.9 Å². The van der Waals surface area contributed by atoms with E-state index in [4.69, 9.17) is 10.2 Å². The average molecular weight is 267 g/mol. The fourth-order valence-corrected chi connectivity index (χ4v) is 2.62. The standard InChI is InChI=1S/C12H17N3O4/c16-9(17)6-7-15-11(8-4-2-1-3-5-8)10(12(18)19)13-14-15/h8H,1-7H2,(H,16,17)(H,18,19). The fourth-order valence-electron chi connectivity index (χ4n) is 2.62.